The molecule has 0 spiro atoms. The maximum absolute atomic E-state index is 12.5. The third-order valence-electron chi connectivity index (χ3n) is 3.10. The number of ether oxygens (including phenoxy) is 1. The van der Waals surface area contributed by atoms with Gasteiger partial charge in [0, 0.05) is 16.8 Å². The third kappa shape index (κ3) is 2.56. The van der Waals surface area contributed by atoms with Gasteiger partial charge in [-0.2, -0.15) is 0 Å². The summed E-state index contributed by atoms with van der Waals surface area (Å²) in [7, 11) is 1.56. The Morgan fingerprint density at radius 2 is 1.95 bits per heavy atom. The zero-order valence-electron chi connectivity index (χ0n) is 11.4. The van der Waals surface area contributed by atoms with Gasteiger partial charge < -0.3 is 15.5 Å². The highest BCUT2D eigenvalue weighted by molar-refractivity contribution is 6.10. The molecule has 0 saturated heterocycles. The maximum Gasteiger partial charge on any atom is 0.271 e. The summed E-state index contributed by atoms with van der Waals surface area (Å²) in [6.45, 7) is 1.87. The zero-order chi connectivity index (χ0) is 14.7. The standard InChI is InChI=1S/C15H16N2O3/c1-3-13-11(8-12(16)15(19)17-13)14(18)9-4-6-10(20-2)7-5-9/h4-8H,3,16H2,1-2H3,(H,17,19). The Balaban J connectivity index is 2.46. The highest BCUT2D eigenvalue weighted by Gasteiger charge is 2.15. The molecule has 0 saturated carbocycles. The van der Waals surface area contributed by atoms with Gasteiger partial charge in [-0.3, -0.25) is 9.59 Å². The summed E-state index contributed by atoms with van der Waals surface area (Å²) in [5.74, 6) is 0.505. The molecule has 20 heavy (non-hydrogen) atoms. The summed E-state index contributed by atoms with van der Waals surface area (Å²) in [6.07, 6.45) is 0.548. The lowest BCUT2D eigenvalue weighted by Gasteiger charge is -2.08. The van der Waals surface area contributed by atoms with Crippen molar-refractivity contribution in [2.24, 2.45) is 0 Å². The van der Waals surface area contributed by atoms with Crippen LogP contribution < -0.4 is 16.0 Å². The van der Waals surface area contributed by atoms with Crippen molar-refractivity contribution in [2.75, 3.05) is 12.8 Å². The summed E-state index contributed by atoms with van der Waals surface area (Å²) in [4.78, 5) is 26.6. The molecule has 0 radical (unpaired) electrons. The van der Waals surface area contributed by atoms with Crippen molar-refractivity contribution in [3.8, 4) is 5.75 Å². The van der Waals surface area contributed by atoms with E-state index < -0.39 is 0 Å². The van der Waals surface area contributed by atoms with Gasteiger partial charge in [0.25, 0.3) is 5.56 Å². The number of benzene rings is 1. The molecule has 104 valence electrons. The van der Waals surface area contributed by atoms with Crippen molar-refractivity contribution in [1.29, 1.82) is 0 Å². The van der Waals surface area contributed by atoms with E-state index in [1.54, 1.807) is 31.4 Å². The summed E-state index contributed by atoms with van der Waals surface area (Å²) in [6, 6.07) is 8.23. The van der Waals surface area contributed by atoms with Crippen molar-refractivity contribution in [1.82, 2.24) is 4.98 Å². The normalized spacial score (nSPS) is 10.3. The van der Waals surface area contributed by atoms with Gasteiger partial charge in [-0.25, -0.2) is 0 Å². The van der Waals surface area contributed by atoms with Crippen LogP contribution in [0.2, 0.25) is 0 Å². The summed E-state index contributed by atoms with van der Waals surface area (Å²) in [5, 5.41) is 0. The van der Waals surface area contributed by atoms with Crippen LogP contribution in [0, 0.1) is 0 Å². The van der Waals surface area contributed by atoms with Crippen LogP contribution in [0.25, 0.3) is 0 Å². The molecule has 5 nitrogen and oxygen atoms in total. The van der Waals surface area contributed by atoms with Crippen LogP contribution in [0.15, 0.2) is 35.1 Å². The average molecular weight is 272 g/mol. The van der Waals surface area contributed by atoms with Crippen LogP contribution in [-0.4, -0.2) is 17.9 Å². The smallest absolute Gasteiger partial charge is 0.271 e. The van der Waals surface area contributed by atoms with Crippen LogP contribution in [0.5, 0.6) is 5.75 Å². The number of aromatic amines is 1. The average Bonchev–Trinajstić information content (AvgIpc) is 2.49. The molecule has 1 aromatic heterocycles. The number of anilines is 1. The number of aromatic nitrogens is 1. The number of carbonyl (C=O) groups is 1. The number of carbonyl (C=O) groups excluding carboxylic acids is 1. The third-order valence-corrected chi connectivity index (χ3v) is 3.10. The van der Waals surface area contributed by atoms with E-state index in [9.17, 15) is 9.59 Å². The number of nitrogen functional groups attached to an aromatic ring is 1. The number of H-pyrrole nitrogens is 1. The summed E-state index contributed by atoms with van der Waals surface area (Å²) < 4.78 is 5.06. The van der Waals surface area contributed by atoms with E-state index in [1.165, 1.54) is 6.07 Å². The van der Waals surface area contributed by atoms with Crippen molar-refractivity contribution < 1.29 is 9.53 Å². The fourth-order valence-corrected chi connectivity index (χ4v) is 1.96. The first-order valence-corrected chi connectivity index (χ1v) is 6.27. The fourth-order valence-electron chi connectivity index (χ4n) is 1.96. The Labute approximate surface area is 116 Å². The van der Waals surface area contributed by atoms with E-state index in [4.69, 9.17) is 10.5 Å². The Kier molecular flexibility index (Phi) is 3.89. The first-order valence-electron chi connectivity index (χ1n) is 6.27. The predicted octanol–water partition coefficient (Wildman–Crippen LogP) is 1.76. The zero-order valence-corrected chi connectivity index (χ0v) is 11.4. The van der Waals surface area contributed by atoms with E-state index in [2.05, 4.69) is 4.98 Å². The van der Waals surface area contributed by atoms with Crippen LogP contribution >= 0.6 is 0 Å². The topological polar surface area (TPSA) is 85.2 Å². The number of nitrogens with one attached hydrogen (secondary N) is 1. The lowest BCUT2D eigenvalue weighted by molar-refractivity contribution is 0.103. The van der Waals surface area contributed by atoms with Gasteiger partial charge >= 0.3 is 0 Å². The number of hydrogen-bond acceptors (Lipinski definition) is 4. The van der Waals surface area contributed by atoms with Gasteiger partial charge in [0.2, 0.25) is 0 Å². The Bertz CT molecular complexity index is 687. The summed E-state index contributed by atoms with van der Waals surface area (Å²) >= 11 is 0. The molecule has 3 N–H and O–H groups in total. The number of hydrogen-bond donors (Lipinski definition) is 2. The number of methoxy groups -OCH3 is 1. The Morgan fingerprint density at radius 1 is 1.30 bits per heavy atom. The number of nitrogens with two attached hydrogens (primary N) is 1. The van der Waals surface area contributed by atoms with Crippen molar-refractivity contribution in [3.05, 3.63) is 57.5 Å². The quantitative estimate of drug-likeness (QED) is 0.830. The molecule has 0 bridgehead atoms. The molecule has 0 aliphatic rings. The van der Waals surface area contributed by atoms with Crippen LogP contribution in [0.3, 0.4) is 0 Å². The molecule has 0 fully saturated rings. The van der Waals surface area contributed by atoms with Crippen molar-refractivity contribution >= 4 is 11.5 Å². The molecule has 0 aliphatic carbocycles. The minimum Gasteiger partial charge on any atom is -0.497 e. The fraction of sp³-hybridized carbons (Fsp3) is 0.200. The van der Waals surface area contributed by atoms with E-state index in [0.29, 0.717) is 29.0 Å². The van der Waals surface area contributed by atoms with Crippen molar-refractivity contribution in [2.45, 2.75) is 13.3 Å². The first kappa shape index (κ1) is 13.9. The number of rotatable bonds is 4. The van der Waals surface area contributed by atoms with Crippen LogP contribution in [0.1, 0.15) is 28.5 Å². The molecule has 5 heteroatoms. The van der Waals surface area contributed by atoms with Crippen LogP contribution in [-0.2, 0) is 6.42 Å². The van der Waals surface area contributed by atoms with E-state index in [0.717, 1.165) is 0 Å². The number of pyridine rings is 1. The molecule has 0 aliphatic heterocycles. The molecular weight excluding hydrogens is 256 g/mol. The number of ketones is 1. The SMILES string of the molecule is CCc1[nH]c(=O)c(N)cc1C(=O)c1ccc(OC)cc1. The minimum atomic E-state index is -0.367. The van der Waals surface area contributed by atoms with Gasteiger partial charge in [-0.05, 0) is 36.8 Å². The van der Waals surface area contributed by atoms with Gasteiger partial charge in [-0.15, -0.1) is 0 Å². The first-order chi connectivity index (χ1) is 9.56. The van der Waals surface area contributed by atoms with E-state index >= 15 is 0 Å². The van der Waals surface area contributed by atoms with Gasteiger partial charge in [0.1, 0.15) is 5.75 Å². The van der Waals surface area contributed by atoms with Crippen molar-refractivity contribution in [3.63, 3.8) is 0 Å². The maximum atomic E-state index is 12.5. The Morgan fingerprint density at radius 3 is 2.50 bits per heavy atom. The monoisotopic (exact) mass is 272 g/mol. The molecule has 0 unspecified atom stereocenters. The van der Waals surface area contributed by atoms with Gasteiger partial charge in [0.05, 0.1) is 12.8 Å². The van der Waals surface area contributed by atoms with E-state index in [-0.39, 0.29) is 17.0 Å². The van der Waals surface area contributed by atoms with E-state index in [1.807, 2.05) is 6.92 Å². The number of aryl methyl sites for hydroxylation is 1. The molecule has 2 rings (SSSR count). The second kappa shape index (κ2) is 5.61. The second-order valence-corrected chi connectivity index (χ2v) is 4.36. The highest BCUT2D eigenvalue weighted by atomic mass is 16.5. The Hall–Kier alpha value is -2.56. The second-order valence-electron chi connectivity index (χ2n) is 4.36. The highest BCUT2D eigenvalue weighted by Crippen LogP contribution is 2.17. The minimum absolute atomic E-state index is 0.0408. The predicted molar refractivity (Wildman–Crippen MR) is 77.3 cm³/mol. The lowest BCUT2D eigenvalue weighted by Crippen LogP contribution is -2.18. The van der Waals surface area contributed by atoms with Gasteiger partial charge in [-0.1, -0.05) is 6.92 Å². The van der Waals surface area contributed by atoms with Crippen LogP contribution in [0.4, 0.5) is 5.69 Å². The lowest BCUT2D eigenvalue weighted by atomic mass is 10.0. The molecule has 1 aromatic carbocycles. The molecule has 0 atom stereocenters. The van der Waals surface area contributed by atoms with Gasteiger partial charge in [0.15, 0.2) is 5.78 Å². The summed E-state index contributed by atoms with van der Waals surface area (Å²) in [5.41, 5.74) is 6.80. The molecular formula is C15H16N2O3. The largest absolute Gasteiger partial charge is 0.497 e. The molecule has 0 amide bonds. The molecule has 1 heterocycles. The molecule has 2 aromatic rings.